The Bertz CT molecular complexity index is 1130. The summed E-state index contributed by atoms with van der Waals surface area (Å²) in [5.74, 6) is -0.813. The molecule has 0 aliphatic carbocycles. The van der Waals surface area contributed by atoms with Gasteiger partial charge < -0.3 is 15.0 Å². The number of halogens is 2. The van der Waals surface area contributed by atoms with Gasteiger partial charge in [-0.25, -0.2) is 14.2 Å². The van der Waals surface area contributed by atoms with E-state index in [0.717, 1.165) is 4.57 Å². The number of aromatic nitrogens is 3. The third-order valence-corrected chi connectivity index (χ3v) is 5.15. The normalized spacial score (nSPS) is 20.2. The Hall–Kier alpha value is -2.55. The number of ether oxygens (including phenoxy) is 1. The molecule has 1 saturated heterocycles. The van der Waals surface area contributed by atoms with E-state index in [-0.39, 0.29) is 23.0 Å². The molecule has 0 amide bonds. The topological polar surface area (TPSA) is 89.0 Å². The standard InChI is InChI=1S/C19H18ClFN4O3/c20-13-4-3-11(8-14(13)21)17-12(9-22-6-7-28-17)10-25-18(26)16-15(24-19(25)27)2-1-5-23-16/h1-5,8,12,17,22H,6-7,9-10H2,(H,24,27)/t12-,17-/m0/s1. The number of pyridine rings is 1. The molecular weight excluding hydrogens is 387 g/mol. The molecule has 2 aromatic heterocycles. The number of H-pyrrole nitrogens is 1. The van der Waals surface area contributed by atoms with Crippen molar-refractivity contribution >= 4 is 22.6 Å². The van der Waals surface area contributed by atoms with E-state index in [4.69, 9.17) is 16.3 Å². The van der Waals surface area contributed by atoms with E-state index < -0.39 is 23.2 Å². The smallest absolute Gasteiger partial charge is 0.328 e. The summed E-state index contributed by atoms with van der Waals surface area (Å²) in [4.78, 5) is 32.0. The highest BCUT2D eigenvalue weighted by atomic mass is 35.5. The van der Waals surface area contributed by atoms with Crippen LogP contribution in [-0.2, 0) is 11.3 Å². The van der Waals surface area contributed by atoms with E-state index in [0.29, 0.717) is 30.8 Å². The number of nitrogens with zero attached hydrogens (tertiary/aromatic N) is 2. The zero-order valence-electron chi connectivity index (χ0n) is 14.8. The van der Waals surface area contributed by atoms with Gasteiger partial charge in [-0.2, -0.15) is 0 Å². The van der Waals surface area contributed by atoms with Crippen LogP contribution in [0.1, 0.15) is 11.7 Å². The van der Waals surface area contributed by atoms with Crippen LogP contribution >= 0.6 is 11.6 Å². The van der Waals surface area contributed by atoms with Crippen LogP contribution in [-0.4, -0.2) is 34.2 Å². The average Bonchev–Trinajstić information content (AvgIpc) is 2.93. The van der Waals surface area contributed by atoms with Crippen LogP contribution in [0.5, 0.6) is 0 Å². The summed E-state index contributed by atoms with van der Waals surface area (Å²) in [7, 11) is 0. The number of rotatable bonds is 3. The van der Waals surface area contributed by atoms with Gasteiger partial charge >= 0.3 is 5.69 Å². The van der Waals surface area contributed by atoms with Crippen LogP contribution in [0.2, 0.25) is 5.02 Å². The number of fused-ring (bicyclic) bond motifs is 1. The maximum atomic E-state index is 14.0. The Morgan fingerprint density at radius 3 is 3.00 bits per heavy atom. The summed E-state index contributed by atoms with van der Waals surface area (Å²) in [5.41, 5.74) is 0.207. The van der Waals surface area contributed by atoms with Gasteiger partial charge in [-0.3, -0.25) is 9.36 Å². The molecule has 3 aromatic rings. The lowest BCUT2D eigenvalue weighted by Gasteiger charge is -2.25. The number of hydrogen-bond donors (Lipinski definition) is 2. The van der Waals surface area contributed by atoms with E-state index in [1.54, 1.807) is 18.2 Å². The molecule has 2 atom stereocenters. The molecule has 0 radical (unpaired) electrons. The number of benzene rings is 1. The highest BCUT2D eigenvalue weighted by molar-refractivity contribution is 6.30. The first kappa shape index (κ1) is 18.8. The van der Waals surface area contributed by atoms with Gasteiger partial charge in [0, 0.05) is 31.7 Å². The van der Waals surface area contributed by atoms with E-state index >= 15 is 0 Å². The zero-order valence-corrected chi connectivity index (χ0v) is 15.6. The van der Waals surface area contributed by atoms with Crippen molar-refractivity contribution in [3.8, 4) is 0 Å². The monoisotopic (exact) mass is 404 g/mol. The van der Waals surface area contributed by atoms with Crippen molar-refractivity contribution in [3.05, 3.63) is 73.8 Å². The first-order valence-corrected chi connectivity index (χ1v) is 9.27. The molecular formula is C19H18ClFN4O3. The summed E-state index contributed by atoms with van der Waals surface area (Å²) in [6, 6.07) is 7.79. The fraction of sp³-hybridized carbons (Fsp3) is 0.316. The highest BCUT2D eigenvalue weighted by Gasteiger charge is 2.28. The highest BCUT2D eigenvalue weighted by Crippen LogP contribution is 2.30. The van der Waals surface area contributed by atoms with Crippen LogP contribution in [0.15, 0.2) is 46.1 Å². The maximum absolute atomic E-state index is 14.0. The Morgan fingerprint density at radius 2 is 2.18 bits per heavy atom. The zero-order chi connectivity index (χ0) is 19.7. The van der Waals surface area contributed by atoms with Gasteiger partial charge in [-0.1, -0.05) is 17.7 Å². The molecule has 0 unspecified atom stereocenters. The summed E-state index contributed by atoms with van der Waals surface area (Å²) in [5, 5.41) is 3.26. The molecule has 2 N–H and O–H groups in total. The third-order valence-electron chi connectivity index (χ3n) is 4.84. The summed E-state index contributed by atoms with van der Waals surface area (Å²) < 4.78 is 21.0. The molecule has 1 aliphatic heterocycles. The Labute approximate surface area is 164 Å². The molecule has 4 rings (SSSR count). The van der Waals surface area contributed by atoms with Gasteiger partial charge in [0.05, 0.1) is 23.3 Å². The SMILES string of the molecule is O=c1[nH]c2cccnc2c(=O)n1C[C@@H]1CNCCO[C@H]1c1ccc(Cl)c(F)c1. The second kappa shape index (κ2) is 7.83. The van der Waals surface area contributed by atoms with Crippen molar-refractivity contribution < 1.29 is 9.13 Å². The average molecular weight is 405 g/mol. The predicted octanol–water partition coefficient (Wildman–Crippen LogP) is 1.85. The molecule has 3 heterocycles. The van der Waals surface area contributed by atoms with Crippen LogP contribution in [0, 0.1) is 11.7 Å². The Morgan fingerprint density at radius 1 is 1.32 bits per heavy atom. The molecule has 0 saturated carbocycles. The molecule has 146 valence electrons. The van der Waals surface area contributed by atoms with E-state index in [2.05, 4.69) is 15.3 Å². The lowest BCUT2D eigenvalue weighted by Crippen LogP contribution is -2.40. The molecule has 9 heteroatoms. The van der Waals surface area contributed by atoms with E-state index in [9.17, 15) is 14.0 Å². The molecule has 1 aromatic carbocycles. The van der Waals surface area contributed by atoms with Gasteiger partial charge in [-0.15, -0.1) is 0 Å². The lowest BCUT2D eigenvalue weighted by molar-refractivity contribution is 0.0245. The summed E-state index contributed by atoms with van der Waals surface area (Å²) in [6.07, 6.45) is 1.01. The largest absolute Gasteiger partial charge is 0.372 e. The molecule has 1 aliphatic rings. The van der Waals surface area contributed by atoms with Crippen molar-refractivity contribution in [1.29, 1.82) is 0 Å². The fourth-order valence-corrected chi connectivity index (χ4v) is 3.60. The van der Waals surface area contributed by atoms with Crippen molar-refractivity contribution in [2.45, 2.75) is 12.6 Å². The minimum absolute atomic E-state index is 0.0281. The van der Waals surface area contributed by atoms with Crippen LogP contribution in [0.4, 0.5) is 4.39 Å². The van der Waals surface area contributed by atoms with Crippen LogP contribution in [0.3, 0.4) is 0 Å². The first-order valence-electron chi connectivity index (χ1n) is 8.89. The molecule has 0 bridgehead atoms. The minimum atomic E-state index is -0.538. The van der Waals surface area contributed by atoms with Gasteiger partial charge in [0.15, 0.2) is 5.52 Å². The van der Waals surface area contributed by atoms with Crippen molar-refractivity contribution in [1.82, 2.24) is 19.9 Å². The van der Waals surface area contributed by atoms with Gasteiger partial charge in [-0.05, 0) is 29.8 Å². The first-order chi connectivity index (χ1) is 13.5. The van der Waals surface area contributed by atoms with Gasteiger partial charge in [0.25, 0.3) is 5.56 Å². The Balaban J connectivity index is 1.74. The molecule has 1 fully saturated rings. The van der Waals surface area contributed by atoms with Gasteiger partial charge in [0.1, 0.15) is 5.82 Å². The lowest BCUT2D eigenvalue weighted by atomic mass is 9.95. The second-order valence-corrected chi connectivity index (χ2v) is 7.08. The third kappa shape index (κ3) is 3.58. The van der Waals surface area contributed by atoms with Crippen LogP contribution < -0.4 is 16.6 Å². The minimum Gasteiger partial charge on any atom is -0.372 e. The fourth-order valence-electron chi connectivity index (χ4n) is 3.49. The second-order valence-electron chi connectivity index (χ2n) is 6.67. The van der Waals surface area contributed by atoms with Crippen molar-refractivity contribution in [3.63, 3.8) is 0 Å². The number of aromatic amines is 1. The van der Waals surface area contributed by atoms with Crippen LogP contribution in [0.25, 0.3) is 11.0 Å². The summed E-state index contributed by atoms with van der Waals surface area (Å²) in [6.45, 7) is 1.65. The molecule has 7 nitrogen and oxygen atoms in total. The predicted molar refractivity (Wildman–Crippen MR) is 103 cm³/mol. The van der Waals surface area contributed by atoms with E-state index in [1.165, 1.54) is 18.3 Å². The Kier molecular flexibility index (Phi) is 5.25. The van der Waals surface area contributed by atoms with Gasteiger partial charge in [0.2, 0.25) is 0 Å². The van der Waals surface area contributed by atoms with Crippen molar-refractivity contribution in [2.24, 2.45) is 5.92 Å². The number of hydrogen-bond acceptors (Lipinski definition) is 5. The molecule has 0 spiro atoms. The quantitative estimate of drug-likeness (QED) is 0.695. The maximum Gasteiger partial charge on any atom is 0.328 e. The number of nitrogens with one attached hydrogen (secondary N) is 2. The van der Waals surface area contributed by atoms with Crippen molar-refractivity contribution in [2.75, 3.05) is 19.7 Å². The molecule has 28 heavy (non-hydrogen) atoms. The van der Waals surface area contributed by atoms with E-state index in [1.807, 2.05) is 0 Å². The summed E-state index contributed by atoms with van der Waals surface area (Å²) >= 11 is 5.79.